The van der Waals surface area contributed by atoms with Crippen LogP contribution in [-0.4, -0.2) is 57.3 Å². The van der Waals surface area contributed by atoms with Gasteiger partial charge in [-0.25, -0.2) is 9.97 Å². The van der Waals surface area contributed by atoms with Gasteiger partial charge >= 0.3 is 0 Å². The number of anilines is 3. The van der Waals surface area contributed by atoms with E-state index in [1.54, 1.807) is 7.11 Å². The molecule has 2 aromatic heterocycles. The van der Waals surface area contributed by atoms with Crippen molar-refractivity contribution in [2.24, 2.45) is 0 Å². The normalized spacial score (nSPS) is 16.3. The largest absolute Gasteiger partial charge is 0.496 e. The minimum atomic E-state index is 0.265. The zero-order valence-electron chi connectivity index (χ0n) is 17.9. The number of rotatable bonds is 7. The summed E-state index contributed by atoms with van der Waals surface area (Å²) in [6.45, 7) is 6.65. The molecule has 1 aromatic carbocycles. The van der Waals surface area contributed by atoms with Crippen LogP contribution in [0.3, 0.4) is 0 Å². The molecule has 4 rings (SSSR count). The van der Waals surface area contributed by atoms with Crippen molar-refractivity contribution >= 4 is 17.3 Å². The molecule has 0 spiro atoms. The first-order valence-electron chi connectivity index (χ1n) is 10.3. The summed E-state index contributed by atoms with van der Waals surface area (Å²) in [6.07, 6.45) is 4.04. The highest BCUT2D eigenvalue weighted by Gasteiger charge is 2.24. The summed E-state index contributed by atoms with van der Waals surface area (Å²) in [5.74, 6) is 1.87. The average molecular weight is 419 g/mol. The smallest absolute Gasteiger partial charge is 0.158 e. The van der Waals surface area contributed by atoms with Crippen LogP contribution in [-0.2, 0) is 0 Å². The number of nitrogens with zero attached hydrogens (tertiary/aromatic N) is 5. The summed E-state index contributed by atoms with van der Waals surface area (Å²) in [5, 5.41) is 22.8. The Morgan fingerprint density at radius 3 is 2.77 bits per heavy atom. The Kier molecular flexibility index (Phi) is 6.00. The van der Waals surface area contributed by atoms with Crippen LogP contribution in [0.5, 0.6) is 5.75 Å². The van der Waals surface area contributed by atoms with E-state index in [-0.39, 0.29) is 5.69 Å². The summed E-state index contributed by atoms with van der Waals surface area (Å²) in [7, 11) is 1.67. The molecule has 0 bridgehead atoms. The number of hydrogen-bond donors (Lipinski definition) is 3. The second-order valence-electron chi connectivity index (χ2n) is 7.82. The van der Waals surface area contributed by atoms with Crippen LogP contribution in [0.2, 0.25) is 0 Å². The van der Waals surface area contributed by atoms with Crippen LogP contribution in [0, 0.1) is 11.3 Å². The molecule has 9 nitrogen and oxygen atoms in total. The van der Waals surface area contributed by atoms with E-state index < -0.39 is 0 Å². The molecule has 1 saturated heterocycles. The third-order valence-electron chi connectivity index (χ3n) is 5.41. The third-order valence-corrected chi connectivity index (χ3v) is 5.41. The van der Waals surface area contributed by atoms with Gasteiger partial charge in [0.2, 0.25) is 0 Å². The maximum atomic E-state index is 8.82. The van der Waals surface area contributed by atoms with E-state index in [1.165, 1.54) is 12.4 Å². The first-order chi connectivity index (χ1) is 15.1. The minimum absolute atomic E-state index is 0.265. The van der Waals surface area contributed by atoms with E-state index in [2.05, 4.69) is 55.6 Å². The number of nitriles is 1. The molecule has 31 heavy (non-hydrogen) atoms. The first kappa shape index (κ1) is 20.6. The molecular formula is C22H26N8O. The number of likely N-dealkylation sites (tertiary alicyclic amines) is 1. The number of ether oxygens (including phenoxy) is 1. The molecular weight excluding hydrogens is 392 g/mol. The van der Waals surface area contributed by atoms with Gasteiger partial charge in [0.25, 0.3) is 0 Å². The van der Waals surface area contributed by atoms with E-state index >= 15 is 0 Å². The molecule has 160 valence electrons. The fourth-order valence-corrected chi connectivity index (χ4v) is 3.72. The molecule has 1 aliphatic rings. The van der Waals surface area contributed by atoms with Gasteiger partial charge in [0, 0.05) is 48.6 Å². The fraction of sp³-hybridized carbons (Fsp3) is 0.364. The highest BCUT2D eigenvalue weighted by Crippen LogP contribution is 2.33. The van der Waals surface area contributed by atoms with Crippen LogP contribution >= 0.6 is 0 Å². The van der Waals surface area contributed by atoms with Crippen LogP contribution in [0.4, 0.5) is 17.3 Å². The van der Waals surface area contributed by atoms with Crippen molar-refractivity contribution in [3.8, 4) is 23.1 Å². The van der Waals surface area contributed by atoms with Crippen molar-refractivity contribution in [3.05, 3.63) is 42.4 Å². The highest BCUT2D eigenvalue weighted by atomic mass is 16.5. The van der Waals surface area contributed by atoms with Gasteiger partial charge < -0.3 is 15.4 Å². The number of hydrogen-bond acceptors (Lipinski definition) is 8. The Bertz CT molecular complexity index is 1070. The van der Waals surface area contributed by atoms with Gasteiger partial charge in [-0.15, -0.1) is 0 Å². The molecule has 1 fully saturated rings. The monoisotopic (exact) mass is 418 g/mol. The average Bonchev–Trinajstić information content (AvgIpc) is 3.44. The Balaban J connectivity index is 1.46. The molecule has 0 aliphatic carbocycles. The van der Waals surface area contributed by atoms with Gasteiger partial charge in [-0.3, -0.25) is 10.00 Å². The molecule has 0 radical (unpaired) electrons. The number of methoxy groups -OCH3 is 1. The predicted molar refractivity (Wildman–Crippen MR) is 119 cm³/mol. The molecule has 9 heteroatoms. The quantitative estimate of drug-likeness (QED) is 0.535. The lowest BCUT2D eigenvalue weighted by molar-refractivity contribution is 0.274. The number of aromatic nitrogens is 4. The lowest BCUT2D eigenvalue weighted by atomic mass is 10.1. The molecule has 1 atom stereocenters. The minimum Gasteiger partial charge on any atom is -0.496 e. The number of nitrogens with one attached hydrogen (secondary N) is 3. The van der Waals surface area contributed by atoms with E-state index in [4.69, 9.17) is 10.00 Å². The van der Waals surface area contributed by atoms with Gasteiger partial charge in [0.15, 0.2) is 11.5 Å². The summed E-state index contributed by atoms with van der Waals surface area (Å²) in [6, 6.07) is 10.9. The van der Waals surface area contributed by atoms with Gasteiger partial charge in [-0.2, -0.15) is 10.4 Å². The molecule has 3 N–H and O–H groups in total. The maximum absolute atomic E-state index is 8.82. The zero-order valence-corrected chi connectivity index (χ0v) is 17.9. The van der Waals surface area contributed by atoms with Crippen LogP contribution in [0.15, 0.2) is 36.7 Å². The van der Waals surface area contributed by atoms with Gasteiger partial charge in [0.05, 0.1) is 25.2 Å². The zero-order chi connectivity index (χ0) is 21.8. The Morgan fingerprint density at radius 2 is 2.10 bits per heavy atom. The van der Waals surface area contributed by atoms with Crippen molar-refractivity contribution in [2.45, 2.75) is 32.4 Å². The Labute approximate surface area is 181 Å². The van der Waals surface area contributed by atoms with Gasteiger partial charge in [-0.1, -0.05) is 0 Å². The maximum Gasteiger partial charge on any atom is 0.158 e. The predicted octanol–water partition coefficient (Wildman–Crippen LogP) is 3.39. The van der Waals surface area contributed by atoms with E-state index in [1.807, 2.05) is 24.3 Å². The van der Waals surface area contributed by atoms with Gasteiger partial charge in [0.1, 0.15) is 17.6 Å². The van der Waals surface area contributed by atoms with Crippen molar-refractivity contribution in [3.63, 3.8) is 0 Å². The number of benzene rings is 1. The number of H-pyrrole nitrogens is 1. The van der Waals surface area contributed by atoms with Crippen LogP contribution in [0.25, 0.3) is 11.3 Å². The van der Waals surface area contributed by atoms with E-state index in [0.29, 0.717) is 23.7 Å². The Morgan fingerprint density at radius 1 is 1.23 bits per heavy atom. The first-order valence-corrected chi connectivity index (χ1v) is 10.3. The van der Waals surface area contributed by atoms with E-state index in [9.17, 15) is 0 Å². The number of aromatic amines is 1. The van der Waals surface area contributed by atoms with E-state index in [0.717, 1.165) is 42.2 Å². The standard InChI is InChI=1S/C22H26N8O/c1-14(2)30-7-6-16(13-30)26-15-4-5-18(20(8-15)31-3)19-9-21(29-28-19)27-22-12-24-17(10-23)11-25-22/h4-5,8-9,11-12,14,16,26H,6-7,13H2,1-3H3,(H2,25,27,28,29). The fourth-order valence-electron chi connectivity index (χ4n) is 3.72. The SMILES string of the molecule is COc1cc(NC2CCN(C(C)C)C2)ccc1-c1cc(Nc2cnc(C#N)cn2)n[nH]1. The lowest BCUT2D eigenvalue weighted by Crippen LogP contribution is -2.31. The van der Waals surface area contributed by atoms with Gasteiger partial charge in [-0.05, 0) is 32.4 Å². The molecule has 3 aromatic rings. The molecule has 3 heterocycles. The van der Waals surface area contributed by atoms with Crippen molar-refractivity contribution in [2.75, 3.05) is 30.8 Å². The van der Waals surface area contributed by atoms with Crippen molar-refractivity contribution in [1.82, 2.24) is 25.1 Å². The summed E-state index contributed by atoms with van der Waals surface area (Å²) in [5.41, 5.74) is 3.04. The molecule has 1 aliphatic heterocycles. The van der Waals surface area contributed by atoms with Crippen LogP contribution < -0.4 is 15.4 Å². The van der Waals surface area contributed by atoms with Crippen LogP contribution in [0.1, 0.15) is 26.0 Å². The second kappa shape index (κ2) is 9.02. The third kappa shape index (κ3) is 4.75. The molecule has 0 saturated carbocycles. The second-order valence-corrected chi connectivity index (χ2v) is 7.82. The molecule has 1 unspecified atom stereocenters. The molecule has 0 amide bonds. The van der Waals surface area contributed by atoms with Crippen molar-refractivity contribution < 1.29 is 4.74 Å². The summed E-state index contributed by atoms with van der Waals surface area (Å²) >= 11 is 0. The Hall–Kier alpha value is -3.64. The lowest BCUT2D eigenvalue weighted by Gasteiger charge is -2.21. The summed E-state index contributed by atoms with van der Waals surface area (Å²) in [4.78, 5) is 10.6. The topological polar surface area (TPSA) is 115 Å². The van der Waals surface area contributed by atoms with Crippen molar-refractivity contribution in [1.29, 1.82) is 5.26 Å². The summed E-state index contributed by atoms with van der Waals surface area (Å²) < 4.78 is 5.65. The highest BCUT2D eigenvalue weighted by molar-refractivity contribution is 5.73.